The standard InChI is InChI=1S/C12H14F3N.C2H6/c1-2-16-7-3-4-9-5-6-10(8-11(9)16)12(13,14)15;1-2/h5-6,8H,2-4,7H2,1H3;1-2H3. The normalized spacial score (nSPS) is 14.7. The molecule has 1 heterocycles. The Morgan fingerprint density at radius 2 is 1.89 bits per heavy atom. The number of hydrogen-bond acceptors (Lipinski definition) is 1. The van der Waals surface area contributed by atoms with Crippen molar-refractivity contribution in [3.05, 3.63) is 29.3 Å². The van der Waals surface area contributed by atoms with Crippen LogP contribution in [0.3, 0.4) is 0 Å². The van der Waals surface area contributed by atoms with Crippen molar-refractivity contribution < 1.29 is 13.2 Å². The van der Waals surface area contributed by atoms with Gasteiger partial charge in [0.15, 0.2) is 0 Å². The van der Waals surface area contributed by atoms with Crippen LogP contribution < -0.4 is 4.90 Å². The van der Waals surface area contributed by atoms with Gasteiger partial charge in [-0.05, 0) is 37.5 Å². The lowest BCUT2D eigenvalue weighted by Gasteiger charge is -2.30. The lowest BCUT2D eigenvalue weighted by Crippen LogP contribution is -2.29. The summed E-state index contributed by atoms with van der Waals surface area (Å²) in [7, 11) is 0. The van der Waals surface area contributed by atoms with Crippen molar-refractivity contribution >= 4 is 5.69 Å². The van der Waals surface area contributed by atoms with E-state index in [0.29, 0.717) is 0 Å². The number of hydrogen-bond donors (Lipinski definition) is 0. The molecule has 0 saturated carbocycles. The van der Waals surface area contributed by atoms with Crippen molar-refractivity contribution in [1.29, 1.82) is 0 Å². The Kier molecular flexibility index (Phi) is 5.05. The van der Waals surface area contributed by atoms with Crippen molar-refractivity contribution in [3.63, 3.8) is 0 Å². The fourth-order valence-corrected chi connectivity index (χ4v) is 2.16. The van der Waals surface area contributed by atoms with Gasteiger partial charge in [0.2, 0.25) is 0 Å². The van der Waals surface area contributed by atoms with Crippen LogP contribution >= 0.6 is 0 Å². The maximum absolute atomic E-state index is 12.6. The summed E-state index contributed by atoms with van der Waals surface area (Å²) in [6.45, 7) is 7.58. The van der Waals surface area contributed by atoms with Gasteiger partial charge in [-0.1, -0.05) is 19.9 Å². The zero-order valence-electron chi connectivity index (χ0n) is 11.1. The van der Waals surface area contributed by atoms with E-state index in [-0.39, 0.29) is 0 Å². The summed E-state index contributed by atoms with van der Waals surface area (Å²) in [4.78, 5) is 2.01. The highest BCUT2D eigenvalue weighted by Crippen LogP contribution is 2.35. The first-order valence-electron chi connectivity index (χ1n) is 6.47. The number of halogens is 3. The molecule has 0 amide bonds. The molecule has 1 aliphatic rings. The van der Waals surface area contributed by atoms with Gasteiger partial charge in [-0.3, -0.25) is 0 Å². The molecule has 0 N–H and O–H groups in total. The van der Waals surface area contributed by atoms with E-state index in [9.17, 15) is 13.2 Å². The molecule has 0 aliphatic carbocycles. The van der Waals surface area contributed by atoms with Crippen LogP contribution in [0.2, 0.25) is 0 Å². The molecule has 1 aromatic carbocycles. The van der Waals surface area contributed by atoms with Crippen LogP contribution in [0.15, 0.2) is 18.2 Å². The molecule has 0 saturated heterocycles. The number of fused-ring (bicyclic) bond motifs is 1. The van der Waals surface area contributed by atoms with E-state index in [1.165, 1.54) is 12.1 Å². The van der Waals surface area contributed by atoms with E-state index in [0.717, 1.165) is 37.2 Å². The summed E-state index contributed by atoms with van der Waals surface area (Å²) in [6, 6.07) is 4.07. The summed E-state index contributed by atoms with van der Waals surface area (Å²) in [6.07, 6.45) is -2.35. The van der Waals surface area contributed by atoms with E-state index < -0.39 is 11.7 Å². The summed E-state index contributed by atoms with van der Waals surface area (Å²) >= 11 is 0. The van der Waals surface area contributed by atoms with Gasteiger partial charge in [-0.15, -0.1) is 0 Å². The van der Waals surface area contributed by atoms with Crippen LogP contribution in [0.1, 0.15) is 38.3 Å². The number of rotatable bonds is 1. The molecule has 18 heavy (non-hydrogen) atoms. The SMILES string of the molecule is CC.CCN1CCCc2ccc(C(F)(F)F)cc21. The van der Waals surface area contributed by atoms with Gasteiger partial charge in [-0.2, -0.15) is 13.2 Å². The zero-order valence-corrected chi connectivity index (χ0v) is 11.1. The van der Waals surface area contributed by atoms with Gasteiger partial charge < -0.3 is 4.90 Å². The number of alkyl halides is 3. The molecule has 0 radical (unpaired) electrons. The van der Waals surface area contributed by atoms with E-state index >= 15 is 0 Å². The van der Waals surface area contributed by atoms with Crippen molar-refractivity contribution in [1.82, 2.24) is 0 Å². The second-order valence-electron chi connectivity index (χ2n) is 4.02. The molecule has 0 bridgehead atoms. The topological polar surface area (TPSA) is 3.24 Å². The number of anilines is 1. The second-order valence-corrected chi connectivity index (χ2v) is 4.02. The molecule has 1 nitrogen and oxygen atoms in total. The van der Waals surface area contributed by atoms with E-state index in [1.807, 2.05) is 25.7 Å². The lowest BCUT2D eigenvalue weighted by atomic mass is 9.99. The van der Waals surface area contributed by atoms with Crippen LogP contribution in [0.25, 0.3) is 0 Å². The second kappa shape index (κ2) is 6.12. The molecule has 4 heteroatoms. The molecule has 1 aromatic rings. The van der Waals surface area contributed by atoms with Crippen LogP contribution in [0, 0.1) is 0 Å². The first-order valence-corrected chi connectivity index (χ1v) is 6.47. The Bertz CT molecular complexity index is 385. The predicted octanol–water partition coefficient (Wildman–Crippen LogP) is 4.50. The third-order valence-electron chi connectivity index (χ3n) is 3.01. The van der Waals surface area contributed by atoms with Gasteiger partial charge in [-0.25, -0.2) is 0 Å². The molecule has 0 aromatic heterocycles. The van der Waals surface area contributed by atoms with Crippen LogP contribution in [-0.2, 0) is 12.6 Å². The summed E-state index contributed by atoms with van der Waals surface area (Å²) < 4.78 is 37.7. The zero-order chi connectivity index (χ0) is 13.8. The molecular formula is C14H20F3N. The monoisotopic (exact) mass is 259 g/mol. The molecule has 1 aliphatic heterocycles. The maximum atomic E-state index is 12.6. The van der Waals surface area contributed by atoms with Gasteiger partial charge in [0.25, 0.3) is 0 Å². The van der Waals surface area contributed by atoms with Gasteiger partial charge >= 0.3 is 6.18 Å². The number of benzene rings is 1. The van der Waals surface area contributed by atoms with Gasteiger partial charge in [0.05, 0.1) is 5.56 Å². The highest BCUT2D eigenvalue weighted by atomic mass is 19.4. The predicted molar refractivity (Wildman–Crippen MR) is 69.0 cm³/mol. The van der Waals surface area contributed by atoms with Crippen molar-refractivity contribution in [2.24, 2.45) is 0 Å². The van der Waals surface area contributed by atoms with E-state index in [2.05, 4.69) is 0 Å². The summed E-state index contributed by atoms with van der Waals surface area (Å²) in [5, 5.41) is 0. The largest absolute Gasteiger partial charge is 0.416 e. The van der Waals surface area contributed by atoms with Crippen molar-refractivity contribution in [2.45, 2.75) is 39.8 Å². The lowest BCUT2D eigenvalue weighted by molar-refractivity contribution is -0.137. The maximum Gasteiger partial charge on any atom is 0.416 e. The Balaban J connectivity index is 0.000000771. The van der Waals surface area contributed by atoms with E-state index in [1.54, 1.807) is 6.07 Å². The summed E-state index contributed by atoms with van der Waals surface area (Å²) in [5.41, 5.74) is 1.23. The highest BCUT2D eigenvalue weighted by molar-refractivity contribution is 5.57. The molecule has 2 rings (SSSR count). The first-order chi connectivity index (χ1) is 8.52. The third-order valence-corrected chi connectivity index (χ3v) is 3.01. The highest BCUT2D eigenvalue weighted by Gasteiger charge is 2.31. The third kappa shape index (κ3) is 3.18. The minimum Gasteiger partial charge on any atom is -0.372 e. The Hall–Kier alpha value is -1.19. The van der Waals surface area contributed by atoms with Gasteiger partial charge in [0.1, 0.15) is 0 Å². The first kappa shape index (κ1) is 14.9. The fourth-order valence-electron chi connectivity index (χ4n) is 2.16. The average molecular weight is 259 g/mol. The molecule has 0 fully saturated rings. The molecule has 102 valence electrons. The molecular weight excluding hydrogens is 239 g/mol. The molecule has 0 atom stereocenters. The summed E-state index contributed by atoms with van der Waals surface area (Å²) in [5.74, 6) is 0. The minimum absolute atomic E-state index is 0.549. The smallest absolute Gasteiger partial charge is 0.372 e. The Labute approximate surface area is 107 Å². The number of aryl methyl sites for hydroxylation is 1. The van der Waals surface area contributed by atoms with Crippen LogP contribution in [0.5, 0.6) is 0 Å². The fraction of sp³-hybridized carbons (Fsp3) is 0.571. The average Bonchev–Trinajstić information content (AvgIpc) is 2.38. The van der Waals surface area contributed by atoms with Crippen molar-refractivity contribution in [3.8, 4) is 0 Å². The Morgan fingerprint density at radius 1 is 1.22 bits per heavy atom. The Morgan fingerprint density at radius 3 is 2.44 bits per heavy atom. The molecule has 0 spiro atoms. The minimum atomic E-state index is -4.24. The number of nitrogens with zero attached hydrogens (tertiary/aromatic N) is 1. The van der Waals surface area contributed by atoms with Crippen LogP contribution in [-0.4, -0.2) is 13.1 Å². The van der Waals surface area contributed by atoms with Crippen molar-refractivity contribution in [2.75, 3.05) is 18.0 Å². The molecule has 0 unspecified atom stereocenters. The van der Waals surface area contributed by atoms with Gasteiger partial charge in [0, 0.05) is 18.8 Å². The quantitative estimate of drug-likeness (QED) is 0.717. The van der Waals surface area contributed by atoms with E-state index in [4.69, 9.17) is 0 Å². The van der Waals surface area contributed by atoms with Crippen LogP contribution in [0.4, 0.5) is 18.9 Å².